The summed E-state index contributed by atoms with van der Waals surface area (Å²) in [5.41, 5.74) is 1.78. The van der Waals surface area contributed by atoms with Crippen molar-refractivity contribution in [3.63, 3.8) is 0 Å². The van der Waals surface area contributed by atoms with Gasteiger partial charge in [-0.25, -0.2) is 0 Å². The van der Waals surface area contributed by atoms with E-state index in [1.54, 1.807) is 12.1 Å². The number of para-hydroxylation sites is 1. The number of hydrogen-bond donors (Lipinski definition) is 0. The molecule has 1 saturated heterocycles. The van der Waals surface area contributed by atoms with E-state index in [9.17, 15) is 4.79 Å². The normalized spacial score (nSPS) is 20.0. The quantitative estimate of drug-likeness (QED) is 0.789. The van der Waals surface area contributed by atoms with Crippen LogP contribution in [0.3, 0.4) is 0 Å². The summed E-state index contributed by atoms with van der Waals surface area (Å²) in [6, 6.07) is 17.8. The van der Waals surface area contributed by atoms with E-state index >= 15 is 0 Å². The lowest BCUT2D eigenvalue weighted by atomic mass is 10.00. The maximum atomic E-state index is 13.0. The van der Waals surface area contributed by atoms with Gasteiger partial charge in [0.15, 0.2) is 5.78 Å². The summed E-state index contributed by atoms with van der Waals surface area (Å²) >= 11 is 5.94. The molecule has 3 nitrogen and oxygen atoms in total. The smallest absolute Gasteiger partial charge is 0.183 e. The standard InChI is InChI=1S/C20H21ClN2O/c21-17-8-6-16(7-9-17)19(24)20(10-11-20)23-14-12-22(13-15-23)18-4-2-1-3-5-18/h1-9H,10-15H2. The first-order valence-corrected chi connectivity index (χ1v) is 8.92. The molecular weight excluding hydrogens is 320 g/mol. The largest absolute Gasteiger partial charge is 0.369 e. The monoisotopic (exact) mass is 340 g/mol. The van der Waals surface area contributed by atoms with Gasteiger partial charge in [0.25, 0.3) is 0 Å². The number of piperazine rings is 1. The predicted molar refractivity (Wildman–Crippen MR) is 98.0 cm³/mol. The van der Waals surface area contributed by atoms with Gasteiger partial charge in [0, 0.05) is 42.5 Å². The van der Waals surface area contributed by atoms with Gasteiger partial charge in [-0.3, -0.25) is 9.69 Å². The van der Waals surface area contributed by atoms with Crippen LogP contribution in [0.1, 0.15) is 23.2 Å². The molecular formula is C20H21ClN2O. The number of hydrogen-bond acceptors (Lipinski definition) is 3. The number of halogens is 1. The Morgan fingerprint density at radius 2 is 1.50 bits per heavy atom. The van der Waals surface area contributed by atoms with Crippen molar-refractivity contribution < 1.29 is 4.79 Å². The third-order valence-electron chi connectivity index (χ3n) is 5.26. The van der Waals surface area contributed by atoms with Gasteiger partial charge >= 0.3 is 0 Å². The van der Waals surface area contributed by atoms with Gasteiger partial charge < -0.3 is 4.90 Å². The van der Waals surface area contributed by atoms with Crippen molar-refractivity contribution in [2.75, 3.05) is 31.1 Å². The van der Waals surface area contributed by atoms with Crippen LogP contribution in [0.2, 0.25) is 5.02 Å². The topological polar surface area (TPSA) is 23.6 Å². The second kappa shape index (κ2) is 6.23. The third-order valence-corrected chi connectivity index (χ3v) is 5.51. The summed E-state index contributed by atoms with van der Waals surface area (Å²) in [6.45, 7) is 3.82. The van der Waals surface area contributed by atoms with Gasteiger partial charge in [-0.1, -0.05) is 29.8 Å². The summed E-state index contributed by atoms with van der Waals surface area (Å²) < 4.78 is 0. The highest BCUT2D eigenvalue weighted by Gasteiger charge is 2.54. The Kier molecular flexibility index (Phi) is 4.07. The average Bonchev–Trinajstić information content (AvgIpc) is 3.45. The first kappa shape index (κ1) is 15.7. The minimum Gasteiger partial charge on any atom is -0.369 e. The van der Waals surface area contributed by atoms with Crippen molar-refractivity contribution in [1.82, 2.24) is 4.90 Å². The fraction of sp³-hybridized carbons (Fsp3) is 0.350. The number of carbonyl (C=O) groups is 1. The molecule has 24 heavy (non-hydrogen) atoms. The van der Waals surface area contributed by atoms with Crippen LogP contribution in [-0.2, 0) is 0 Å². The molecule has 1 aliphatic heterocycles. The Hall–Kier alpha value is -1.84. The van der Waals surface area contributed by atoms with Crippen molar-refractivity contribution in [3.05, 3.63) is 65.2 Å². The Morgan fingerprint density at radius 1 is 0.875 bits per heavy atom. The van der Waals surface area contributed by atoms with E-state index in [1.807, 2.05) is 18.2 Å². The molecule has 2 aromatic carbocycles. The van der Waals surface area contributed by atoms with E-state index in [4.69, 9.17) is 11.6 Å². The van der Waals surface area contributed by atoms with E-state index < -0.39 is 0 Å². The molecule has 2 fully saturated rings. The van der Waals surface area contributed by atoms with E-state index in [-0.39, 0.29) is 11.3 Å². The molecule has 0 unspecified atom stereocenters. The van der Waals surface area contributed by atoms with Gasteiger partial charge in [0.1, 0.15) is 0 Å². The van der Waals surface area contributed by atoms with Gasteiger partial charge in [0.2, 0.25) is 0 Å². The van der Waals surface area contributed by atoms with Gasteiger partial charge in [0.05, 0.1) is 5.54 Å². The highest BCUT2D eigenvalue weighted by atomic mass is 35.5. The molecule has 4 heteroatoms. The fourth-order valence-electron chi connectivity index (χ4n) is 3.71. The zero-order chi connectivity index (χ0) is 16.6. The van der Waals surface area contributed by atoms with Crippen LogP contribution in [0.15, 0.2) is 54.6 Å². The van der Waals surface area contributed by atoms with Crippen LogP contribution in [0.5, 0.6) is 0 Å². The Morgan fingerprint density at radius 3 is 2.08 bits per heavy atom. The lowest BCUT2D eigenvalue weighted by molar-refractivity contribution is 0.0764. The Labute approximate surface area is 147 Å². The number of nitrogens with zero attached hydrogens (tertiary/aromatic N) is 2. The van der Waals surface area contributed by atoms with Crippen LogP contribution in [0.4, 0.5) is 5.69 Å². The van der Waals surface area contributed by atoms with Crippen molar-refractivity contribution >= 4 is 23.1 Å². The number of anilines is 1. The average molecular weight is 341 g/mol. The molecule has 0 radical (unpaired) electrons. The van der Waals surface area contributed by atoms with Crippen molar-refractivity contribution in [1.29, 1.82) is 0 Å². The molecule has 0 aromatic heterocycles. The van der Waals surface area contributed by atoms with Crippen LogP contribution in [0, 0.1) is 0 Å². The van der Waals surface area contributed by atoms with Crippen LogP contribution in [0.25, 0.3) is 0 Å². The number of carbonyl (C=O) groups excluding carboxylic acids is 1. The SMILES string of the molecule is O=C(c1ccc(Cl)cc1)C1(N2CCN(c3ccccc3)CC2)CC1. The highest BCUT2D eigenvalue weighted by Crippen LogP contribution is 2.45. The zero-order valence-corrected chi connectivity index (χ0v) is 14.4. The molecule has 0 spiro atoms. The first-order chi connectivity index (χ1) is 11.7. The number of rotatable bonds is 4. The van der Waals surface area contributed by atoms with Crippen LogP contribution < -0.4 is 4.90 Å². The molecule has 0 amide bonds. The minimum atomic E-state index is -0.267. The summed E-state index contributed by atoms with van der Waals surface area (Å²) in [7, 11) is 0. The summed E-state index contributed by atoms with van der Waals surface area (Å²) in [4.78, 5) is 17.8. The predicted octanol–water partition coefficient (Wildman–Crippen LogP) is 3.88. The van der Waals surface area contributed by atoms with Crippen molar-refractivity contribution in [2.45, 2.75) is 18.4 Å². The van der Waals surface area contributed by atoms with Crippen LogP contribution >= 0.6 is 11.6 Å². The maximum Gasteiger partial charge on any atom is 0.183 e. The summed E-state index contributed by atoms with van der Waals surface area (Å²) in [5.74, 6) is 0.257. The molecule has 1 heterocycles. The highest BCUT2D eigenvalue weighted by molar-refractivity contribution is 6.30. The molecule has 0 bridgehead atoms. The zero-order valence-electron chi connectivity index (χ0n) is 13.6. The van der Waals surface area contributed by atoms with Gasteiger partial charge in [-0.05, 0) is 49.2 Å². The van der Waals surface area contributed by atoms with Crippen molar-refractivity contribution in [3.8, 4) is 0 Å². The lowest BCUT2D eigenvalue weighted by Crippen LogP contribution is -2.54. The van der Waals surface area contributed by atoms with E-state index in [1.165, 1.54) is 5.69 Å². The molecule has 2 aromatic rings. The first-order valence-electron chi connectivity index (χ1n) is 8.54. The lowest BCUT2D eigenvalue weighted by Gasteiger charge is -2.40. The molecule has 4 rings (SSSR count). The van der Waals surface area contributed by atoms with E-state index in [2.05, 4.69) is 34.1 Å². The second-order valence-electron chi connectivity index (χ2n) is 6.68. The molecule has 1 aliphatic carbocycles. The number of benzene rings is 2. The number of Topliss-reactive ketones (excluding diaryl/α,β-unsaturated/α-hetero) is 1. The van der Waals surface area contributed by atoms with E-state index in [0.717, 1.165) is 44.6 Å². The second-order valence-corrected chi connectivity index (χ2v) is 7.11. The summed E-state index contributed by atoms with van der Waals surface area (Å²) in [5, 5.41) is 0.674. The van der Waals surface area contributed by atoms with Gasteiger partial charge in [-0.15, -0.1) is 0 Å². The van der Waals surface area contributed by atoms with Crippen LogP contribution in [-0.4, -0.2) is 42.4 Å². The maximum absolute atomic E-state index is 13.0. The molecule has 0 N–H and O–H groups in total. The van der Waals surface area contributed by atoms with Gasteiger partial charge in [-0.2, -0.15) is 0 Å². The molecule has 1 saturated carbocycles. The Balaban J connectivity index is 1.45. The van der Waals surface area contributed by atoms with Crippen molar-refractivity contribution in [2.24, 2.45) is 0 Å². The number of ketones is 1. The molecule has 0 atom stereocenters. The third kappa shape index (κ3) is 2.83. The minimum absolute atomic E-state index is 0.257. The molecule has 124 valence electrons. The molecule has 2 aliphatic rings. The Bertz CT molecular complexity index is 717. The van der Waals surface area contributed by atoms with E-state index in [0.29, 0.717) is 5.02 Å². The fourth-order valence-corrected chi connectivity index (χ4v) is 3.83. The summed E-state index contributed by atoms with van der Waals surface area (Å²) in [6.07, 6.45) is 1.94.